The Balaban J connectivity index is 3.11. The molecular weight excluding hydrogens is 430 g/mol. The maximum absolute atomic E-state index is 12.6. The number of amides is 2. The van der Waals surface area contributed by atoms with Gasteiger partial charge in [-0.05, 0) is 20.3 Å². The third-order valence-electron chi connectivity index (χ3n) is 4.94. The van der Waals surface area contributed by atoms with Crippen molar-refractivity contribution in [3.05, 3.63) is 0 Å². The van der Waals surface area contributed by atoms with Crippen LogP contribution >= 0.6 is 0 Å². The fraction of sp³-hybridized carbons (Fsp3) is 0.789. The summed E-state index contributed by atoms with van der Waals surface area (Å²) in [6, 6.07) is -3.61. The number of carbonyl (C=O) groups is 3. The van der Waals surface area contributed by atoms with Gasteiger partial charge in [-0.25, -0.2) is 4.79 Å². The van der Waals surface area contributed by atoms with Crippen molar-refractivity contribution in [2.24, 2.45) is 5.73 Å². The predicted molar refractivity (Wildman–Crippen MR) is 108 cm³/mol. The van der Waals surface area contributed by atoms with Gasteiger partial charge in [0.2, 0.25) is 11.8 Å². The Morgan fingerprint density at radius 1 is 1.28 bits per heavy atom. The van der Waals surface area contributed by atoms with Gasteiger partial charge in [0.25, 0.3) is 0 Å². The number of carboxylic acid groups (broad SMARTS) is 1. The van der Waals surface area contributed by atoms with E-state index in [2.05, 4.69) is 5.32 Å². The van der Waals surface area contributed by atoms with Crippen LogP contribution in [0.15, 0.2) is 0 Å². The molecule has 1 unspecified atom stereocenters. The Hall–Kier alpha value is -2.16. The van der Waals surface area contributed by atoms with Gasteiger partial charge in [-0.1, -0.05) is 0 Å². The number of aliphatic carboxylic acids is 1. The van der Waals surface area contributed by atoms with E-state index in [0.29, 0.717) is 0 Å². The largest absolute Gasteiger partial charge is 0.480 e. The average molecular weight is 462 g/mol. The van der Waals surface area contributed by atoms with E-state index in [-0.39, 0.29) is 19.4 Å². The van der Waals surface area contributed by atoms with Crippen molar-refractivity contribution < 1.29 is 49.1 Å². The van der Waals surface area contributed by atoms with Crippen LogP contribution < -0.4 is 11.1 Å². The fourth-order valence-electron chi connectivity index (χ4n) is 3.46. The average Bonchev–Trinajstić information content (AvgIpc) is 2.71. The van der Waals surface area contributed by atoms with E-state index in [0.717, 1.165) is 4.90 Å². The summed E-state index contributed by atoms with van der Waals surface area (Å²) in [5.74, 6) is -2.59. The van der Waals surface area contributed by atoms with Crippen molar-refractivity contribution in [3.63, 3.8) is 0 Å². The van der Waals surface area contributed by atoms with Crippen LogP contribution in [0.4, 0.5) is 0 Å². The summed E-state index contributed by atoms with van der Waals surface area (Å²) in [7, 11) is 0. The number of nitrogens with zero attached hydrogens (tertiary/aromatic N) is 1. The first-order valence-electron chi connectivity index (χ1n) is 10.1. The number of hydrogen-bond donors (Lipinski definition) is 6. The summed E-state index contributed by atoms with van der Waals surface area (Å²) in [4.78, 5) is 47.4. The smallest absolute Gasteiger partial charge is 0.326 e. The minimum absolute atomic E-state index is 0.191. The molecule has 0 aromatic rings. The summed E-state index contributed by atoms with van der Waals surface area (Å²) in [5, 5.41) is 42.0. The van der Waals surface area contributed by atoms with E-state index in [1.165, 1.54) is 20.8 Å². The molecule has 0 aliphatic carbocycles. The Labute approximate surface area is 185 Å². The molecule has 0 spiro atoms. The molecule has 13 nitrogen and oxygen atoms in total. The van der Waals surface area contributed by atoms with Gasteiger partial charge in [0.05, 0.1) is 18.8 Å². The van der Waals surface area contributed by atoms with Gasteiger partial charge >= 0.3 is 5.97 Å². The topological polar surface area (TPSA) is 209 Å². The number of aliphatic hydroxyl groups excluding tert-OH is 3. The zero-order valence-electron chi connectivity index (χ0n) is 18.2. The second kappa shape index (κ2) is 12.8. The fourth-order valence-corrected chi connectivity index (χ4v) is 3.46. The third-order valence-corrected chi connectivity index (χ3v) is 4.94. The lowest BCUT2D eigenvalue weighted by atomic mass is 9.96. The normalized spacial score (nSPS) is 28.3. The quantitative estimate of drug-likeness (QED) is 0.171. The van der Waals surface area contributed by atoms with Gasteiger partial charge < -0.3 is 45.9 Å². The Morgan fingerprint density at radius 3 is 2.38 bits per heavy atom. The lowest BCUT2D eigenvalue weighted by Crippen LogP contribution is -2.65. The molecule has 0 aromatic carbocycles. The van der Waals surface area contributed by atoms with E-state index in [1.54, 1.807) is 6.29 Å². The molecule has 32 heavy (non-hydrogen) atoms. The number of rotatable bonds is 12. The number of nitrogens with one attached hydrogen (secondary N) is 1. The molecular formula is C19H32N3O10. The summed E-state index contributed by atoms with van der Waals surface area (Å²) in [6.45, 7) is 3.12. The first kappa shape index (κ1) is 27.9. The van der Waals surface area contributed by atoms with Crippen LogP contribution in [0.3, 0.4) is 0 Å². The molecule has 8 atom stereocenters. The molecule has 1 rings (SSSR count). The first-order chi connectivity index (χ1) is 14.9. The van der Waals surface area contributed by atoms with Crippen molar-refractivity contribution >= 4 is 24.1 Å². The lowest BCUT2D eigenvalue weighted by Gasteiger charge is -2.44. The maximum atomic E-state index is 12.6. The van der Waals surface area contributed by atoms with Gasteiger partial charge in [-0.2, -0.15) is 0 Å². The van der Waals surface area contributed by atoms with Crippen molar-refractivity contribution in [1.82, 2.24) is 10.2 Å². The molecule has 13 heteroatoms. The van der Waals surface area contributed by atoms with Crippen molar-refractivity contribution in [2.75, 3.05) is 13.2 Å². The molecule has 1 heterocycles. The van der Waals surface area contributed by atoms with Gasteiger partial charge in [0, 0.05) is 19.9 Å². The van der Waals surface area contributed by atoms with E-state index in [1.807, 2.05) is 0 Å². The van der Waals surface area contributed by atoms with E-state index < -0.39 is 73.2 Å². The molecule has 1 aliphatic rings. The molecule has 2 amide bonds. The van der Waals surface area contributed by atoms with E-state index in [4.69, 9.17) is 15.2 Å². The molecule has 1 aliphatic heterocycles. The summed E-state index contributed by atoms with van der Waals surface area (Å²) in [5.41, 5.74) is 5.65. The van der Waals surface area contributed by atoms with Crippen LogP contribution in [0, 0.1) is 0 Å². The van der Waals surface area contributed by atoms with Gasteiger partial charge in [0.15, 0.2) is 12.6 Å². The van der Waals surface area contributed by atoms with Crippen LogP contribution in [0.5, 0.6) is 0 Å². The van der Waals surface area contributed by atoms with Crippen LogP contribution in [-0.2, 0) is 28.7 Å². The number of ether oxygens (including phenoxy) is 2. The zero-order valence-corrected chi connectivity index (χ0v) is 18.2. The molecule has 0 saturated carbocycles. The van der Waals surface area contributed by atoms with Gasteiger partial charge in [-0.3, -0.25) is 14.4 Å². The summed E-state index contributed by atoms with van der Waals surface area (Å²) < 4.78 is 10.9. The Bertz CT molecular complexity index is 661. The van der Waals surface area contributed by atoms with Crippen LogP contribution in [0.2, 0.25) is 0 Å². The van der Waals surface area contributed by atoms with Crippen molar-refractivity contribution in [3.8, 4) is 0 Å². The highest BCUT2D eigenvalue weighted by Crippen LogP contribution is 2.24. The van der Waals surface area contributed by atoms with Crippen LogP contribution in [-0.4, -0.2) is 111 Å². The Kier molecular flexibility index (Phi) is 11.1. The molecule has 1 radical (unpaired) electrons. The third kappa shape index (κ3) is 7.46. The highest BCUT2D eigenvalue weighted by Gasteiger charge is 2.46. The Morgan fingerprint density at radius 2 is 1.91 bits per heavy atom. The SMILES string of the molecule is CC(=O)N[C@@H]1[C@@H](OC(C)CN(C(=O)[C@H](C)N)[C@H](CC[C]=O)C(=O)O)[C@H](O)[C@@H](CO)O[C@@H]1O. The highest BCUT2D eigenvalue weighted by molar-refractivity contribution is 5.86. The van der Waals surface area contributed by atoms with Gasteiger partial charge in [0.1, 0.15) is 30.4 Å². The first-order valence-corrected chi connectivity index (χ1v) is 10.1. The molecule has 1 saturated heterocycles. The van der Waals surface area contributed by atoms with Crippen LogP contribution in [0.1, 0.15) is 33.6 Å². The minimum atomic E-state index is -1.60. The maximum Gasteiger partial charge on any atom is 0.326 e. The van der Waals surface area contributed by atoms with Crippen molar-refractivity contribution in [1.29, 1.82) is 0 Å². The number of aliphatic hydroxyl groups is 3. The summed E-state index contributed by atoms with van der Waals surface area (Å²) in [6.07, 6.45) is -5.26. The number of carboxylic acids is 1. The van der Waals surface area contributed by atoms with Crippen molar-refractivity contribution in [2.45, 2.75) is 82.4 Å². The van der Waals surface area contributed by atoms with Gasteiger partial charge in [-0.15, -0.1) is 0 Å². The van der Waals surface area contributed by atoms with E-state index in [9.17, 15) is 39.6 Å². The molecule has 0 bridgehead atoms. The lowest BCUT2D eigenvalue weighted by molar-refractivity contribution is -0.268. The monoisotopic (exact) mass is 462 g/mol. The zero-order chi connectivity index (χ0) is 24.6. The molecule has 183 valence electrons. The predicted octanol–water partition coefficient (Wildman–Crippen LogP) is -3.15. The highest BCUT2D eigenvalue weighted by atomic mass is 16.6. The summed E-state index contributed by atoms with van der Waals surface area (Å²) >= 11 is 0. The molecule has 1 fully saturated rings. The minimum Gasteiger partial charge on any atom is -0.480 e. The number of hydrogen-bond acceptors (Lipinski definition) is 10. The van der Waals surface area contributed by atoms with E-state index >= 15 is 0 Å². The second-order valence-electron chi connectivity index (χ2n) is 7.69. The molecule has 7 N–H and O–H groups in total. The standard InChI is InChI=1S/C19H32N3O10/c1-9(7-22(17(27)10(2)20)12(18(28)29)5-4-6-23)31-16-14(21-11(3)25)19(30)32-13(8-24)15(16)26/h9-10,12-16,19,24,26,30H,4-5,7-8,20H2,1-3H3,(H,21,25)(H,28,29)/t9?,10-,12+,13+,14+,15+,16+,19-/m0/s1. The number of carbonyl (C=O) groups excluding carboxylic acids is 3. The number of nitrogens with two attached hydrogens (primary N) is 1. The molecule has 0 aromatic heterocycles. The second-order valence-corrected chi connectivity index (χ2v) is 7.69. The van der Waals surface area contributed by atoms with Crippen LogP contribution in [0.25, 0.3) is 0 Å².